The molecule has 2 unspecified atom stereocenters. The van der Waals surface area contributed by atoms with Crippen molar-refractivity contribution < 1.29 is 9.59 Å². The summed E-state index contributed by atoms with van der Waals surface area (Å²) < 4.78 is -1.69. The zero-order valence-electron chi connectivity index (χ0n) is 6.92. The number of nitriles is 2. The smallest absolute Gasteiger partial charge is 0.207 e. The molecule has 0 amide bonds. The summed E-state index contributed by atoms with van der Waals surface area (Å²) in [5.41, 5.74) is -1.04. The second kappa shape index (κ2) is 4.09. The van der Waals surface area contributed by atoms with Gasteiger partial charge in [0.15, 0.2) is 8.66 Å². The first-order chi connectivity index (χ1) is 6.87. The van der Waals surface area contributed by atoms with Crippen molar-refractivity contribution in [3.8, 4) is 12.1 Å². The first-order valence-corrected chi connectivity index (χ1v) is 5.42. The molecule has 2 atom stereocenters. The molecular formula is C8HCl2IN2O2. The summed E-state index contributed by atoms with van der Waals surface area (Å²) in [6, 6.07) is 2.99. The van der Waals surface area contributed by atoms with Crippen molar-refractivity contribution in [1.82, 2.24) is 0 Å². The van der Waals surface area contributed by atoms with Gasteiger partial charge in [-0.25, -0.2) is 0 Å². The van der Waals surface area contributed by atoms with Crippen molar-refractivity contribution in [2.24, 2.45) is 0 Å². The third-order valence-electron chi connectivity index (χ3n) is 1.80. The van der Waals surface area contributed by atoms with Crippen LogP contribution in [0.5, 0.6) is 0 Å². The van der Waals surface area contributed by atoms with Gasteiger partial charge in [-0.3, -0.25) is 9.59 Å². The molecule has 1 aliphatic carbocycles. The molecule has 7 heteroatoms. The van der Waals surface area contributed by atoms with Gasteiger partial charge in [0.1, 0.15) is 28.7 Å². The maximum atomic E-state index is 11.6. The molecule has 76 valence electrons. The average molecular weight is 355 g/mol. The number of allylic oxidation sites excluding steroid dienone is 2. The Morgan fingerprint density at radius 3 is 2.13 bits per heavy atom. The molecule has 0 aliphatic heterocycles. The van der Waals surface area contributed by atoms with E-state index in [0.29, 0.717) is 0 Å². The standard InChI is InChI=1S/C8HCl2IN2O2/c9-6-5(14)3(1-12)4(2-13)7(15)8(6,10)11/h6H. The van der Waals surface area contributed by atoms with Gasteiger partial charge in [-0.15, -0.1) is 11.6 Å². The van der Waals surface area contributed by atoms with Crippen LogP contribution in [0.25, 0.3) is 0 Å². The Kier molecular flexibility index (Phi) is 3.39. The molecule has 0 N–H and O–H groups in total. The lowest BCUT2D eigenvalue weighted by molar-refractivity contribution is -0.121. The number of Topliss-reactive ketones (excluding diaryl/α,β-unsaturated/α-hetero) is 2. The molecule has 0 heterocycles. The molecule has 0 aromatic carbocycles. The molecular weight excluding hydrogens is 354 g/mol. The number of halogens is 3. The minimum absolute atomic E-state index is 0.518. The number of nitrogens with zero attached hydrogens (tertiary/aromatic N) is 2. The molecule has 0 fully saturated rings. The van der Waals surface area contributed by atoms with Crippen LogP contribution in [0.15, 0.2) is 11.1 Å². The average Bonchev–Trinajstić information content (AvgIpc) is 2.21. The van der Waals surface area contributed by atoms with Gasteiger partial charge in [0.25, 0.3) is 0 Å². The molecule has 0 aromatic heterocycles. The van der Waals surface area contributed by atoms with E-state index in [1.54, 1.807) is 0 Å². The highest BCUT2D eigenvalue weighted by molar-refractivity contribution is 14.1. The van der Waals surface area contributed by atoms with Crippen molar-refractivity contribution in [1.29, 1.82) is 10.5 Å². The van der Waals surface area contributed by atoms with Crippen molar-refractivity contribution in [2.75, 3.05) is 0 Å². The summed E-state index contributed by atoms with van der Waals surface area (Å²) in [5.74, 6) is -1.59. The maximum absolute atomic E-state index is 11.6. The normalized spacial score (nSPS) is 31.1. The van der Waals surface area contributed by atoms with Crippen LogP contribution in [0.3, 0.4) is 0 Å². The third kappa shape index (κ3) is 1.76. The van der Waals surface area contributed by atoms with E-state index in [-0.39, 0.29) is 0 Å². The molecule has 0 saturated heterocycles. The van der Waals surface area contributed by atoms with Crippen molar-refractivity contribution >= 4 is 57.4 Å². The Morgan fingerprint density at radius 2 is 1.73 bits per heavy atom. The summed E-state index contributed by atoms with van der Waals surface area (Å²) in [6.07, 6.45) is 0. The van der Waals surface area contributed by atoms with E-state index < -0.39 is 31.0 Å². The number of alkyl halides is 3. The van der Waals surface area contributed by atoms with Gasteiger partial charge >= 0.3 is 0 Å². The van der Waals surface area contributed by atoms with E-state index in [1.807, 2.05) is 0 Å². The minimum Gasteiger partial charge on any atom is -0.292 e. The molecule has 0 radical (unpaired) electrons. The van der Waals surface area contributed by atoms with Crippen LogP contribution < -0.4 is 0 Å². The fourth-order valence-corrected chi connectivity index (χ4v) is 1.98. The number of carbonyl (C=O) groups excluding carboxylic acids is 2. The second-order valence-electron chi connectivity index (χ2n) is 2.65. The Hall–Kier alpha value is -0.630. The van der Waals surface area contributed by atoms with Gasteiger partial charge in [-0.1, -0.05) is 11.6 Å². The Bertz CT molecular complexity index is 470. The molecule has 0 bridgehead atoms. The summed E-state index contributed by atoms with van der Waals surface area (Å²) in [7, 11) is 0. The highest BCUT2D eigenvalue weighted by atomic mass is 127. The maximum Gasteiger partial charge on any atom is 0.207 e. The van der Waals surface area contributed by atoms with Crippen LogP contribution in [-0.4, -0.2) is 19.8 Å². The first kappa shape index (κ1) is 12.4. The molecule has 0 aromatic rings. The molecule has 0 spiro atoms. The van der Waals surface area contributed by atoms with E-state index in [4.69, 9.17) is 33.7 Å². The van der Waals surface area contributed by atoms with Gasteiger partial charge in [-0.05, 0) is 22.6 Å². The minimum atomic E-state index is -1.69. The van der Waals surface area contributed by atoms with Gasteiger partial charge in [0.05, 0.1) is 0 Å². The molecule has 4 nitrogen and oxygen atoms in total. The summed E-state index contributed by atoms with van der Waals surface area (Å²) >= 11 is 12.9. The fourth-order valence-electron chi connectivity index (χ4n) is 1.03. The number of hydrogen-bond acceptors (Lipinski definition) is 4. The van der Waals surface area contributed by atoms with Crippen molar-refractivity contribution in [3.05, 3.63) is 11.1 Å². The van der Waals surface area contributed by atoms with E-state index in [1.165, 1.54) is 34.7 Å². The van der Waals surface area contributed by atoms with Gasteiger partial charge in [0.2, 0.25) is 5.78 Å². The van der Waals surface area contributed by atoms with Crippen LogP contribution in [0.1, 0.15) is 0 Å². The van der Waals surface area contributed by atoms with Gasteiger partial charge < -0.3 is 0 Å². The first-order valence-electron chi connectivity index (χ1n) is 3.53. The van der Waals surface area contributed by atoms with E-state index >= 15 is 0 Å². The van der Waals surface area contributed by atoms with E-state index in [2.05, 4.69) is 0 Å². The number of rotatable bonds is 0. The number of hydrogen-bond donors (Lipinski definition) is 0. The van der Waals surface area contributed by atoms with Crippen LogP contribution in [-0.2, 0) is 9.59 Å². The SMILES string of the molecule is N#CC1=C(C#N)C(=O)C(Cl)(I)C(Cl)C1=O. The molecule has 1 rings (SSSR count). The second-order valence-corrected chi connectivity index (χ2v) is 6.02. The predicted molar refractivity (Wildman–Crippen MR) is 60.5 cm³/mol. The van der Waals surface area contributed by atoms with E-state index in [0.717, 1.165) is 0 Å². The summed E-state index contributed by atoms with van der Waals surface area (Å²) in [4.78, 5) is 23.1. The molecule has 1 aliphatic rings. The highest BCUT2D eigenvalue weighted by Gasteiger charge is 2.52. The Labute approximate surface area is 109 Å². The largest absolute Gasteiger partial charge is 0.292 e. The topological polar surface area (TPSA) is 81.7 Å². The lowest BCUT2D eigenvalue weighted by atomic mass is 9.90. The zero-order valence-corrected chi connectivity index (χ0v) is 10.6. The third-order valence-corrected chi connectivity index (χ3v) is 4.31. The number of carbonyl (C=O) groups is 2. The summed E-state index contributed by atoms with van der Waals surface area (Å²) in [5, 5.41) is 16.0. The highest BCUT2D eigenvalue weighted by Crippen LogP contribution is 2.41. The molecule has 15 heavy (non-hydrogen) atoms. The van der Waals surface area contributed by atoms with E-state index in [9.17, 15) is 9.59 Å². The lowest BCUT2D eigenvalue weighted by Gasteiger charge is -2.26. The molecule has 0 saturated carbocycles. The van der Waals surface area contributed by atoms with Crippen molar-refractivity contribution in [3.63, 3.8) is 0 Å². The van der Waals surface area contributed by atoms with Gasteiger partial charge in [-0.2, -0.15) is 10.5 Å². The van der Waals surface area contributed by atoms with Crippen LogP contribution in [0, 0.1) is 22.7 Å². The Morgan fingerprint density at radius 1 is 1.27 bits per heavy atom. The zero-order chi connectivity index (χ0) is 11.8. The number of ketones is 2. The van der Waals surface area contributed by atoms with Gasteiger partial charge in [0, 0.05) is 0 Å². The monoisotopic (exact) mass is 354 g/mol. The van der Waals surface area contributed by atoms with Crippen LogP contribution in [0.4, 0.5) is 0 Å². The van der Waals surface area contributed by atoms with Crippen LogP contribution >= 0.6 is 45.8 Å². The predicted octanol–water partition coefficient (Wildman–Crippen LogP) is 1.46. The lowest BCUT2D eigenvalue weighted by Crippen LogP contribution is -2.46. The quantitative estimate of drug-likeness (QED) is 0.487. The Balaban J connectivity index is 3.53. The van der Waals surface area contributed by atoms with Crippen molar-refractivity contribution in [2.45, 2.75) is 8.26 Å². The fraction of sp³-hybridized carbons (Fsp3) is 0.250. The van der Waals surface area contributed by atoms with Crippen LogP contribution in [0.2, 0.25) is 0 Å². The summed E-state index contributed by atoms with van der Waals surface area (Å²) in [6.45, 7) is 0.